The Hall–Kier alpha value is 0.0900. The van der Waals surface area contributed by atoms with Gasteiger partial charge in [0.15, 0.2) is 0 Å². The summed E-state index contributed by atoms with van der Waals surface area (Å²) in [5, 5.41) is 0. The van der Waals surface area contributed by atoms with Crippen LogP contribution in [0.2, 0.25) is 0 Å². The van der Waals surface area contributed by atoms with Crippen LogP contribution in [0, 0.1) is 5.92 Å². The molecule has 0 bridgehead atoms. The molecule has 18 heavy (non-hydrogen) atoms. The fourth-order valence-corrected chi connectivity index (χ4v) is 4.23. The summed E-state index contributed by atoms with van der Waals surface area (Å²) < 4.78 is 7.10. The molecule has 0 saturated carbocycles. The Morgan fingerprint density at radius 3 is 3.00 bits per heavy atom. The van der Waals surface area contributed by atoms with Crippen molar-refractivity contribution in [2.24, 2.45) is 5.92 Å². The molecule has 0 spiro atoms. The number of piperidine rings is 1. The molecule has 0 aliphatic carbocycles. The maximum atomic E-state index is 12.4. The van der Waals surface area contributed by atoms with Crippen LogP contribution in [0.3, 0.4) is 0 Å². The Morgan fingerprint density at radius 2 is 2.39 bits per heavy atom. The summed E-state index contributed by atoms with van der Waals surface area (Å²) in [7, 11) is 1.72. The van der Waals surface area contributed by atoms with Gasteiger partial charge in [-0.15, -0.1) is 11.3 Å². The molecule has 1 aromatic rings. The highest BCUT2D eigenvalue weighted by atomic mass is 79.9. The third-order valence-corrected chi connectivity index (χ3v) is 6.31. The molecular formula is C12H15Br2NO2S. The van der Waals surface area contributed by atoms with Gasteiger partial charge >= 0.3 is 0 Å². The number of nitrogens with zero attached hydrogens (tertiary/aromatic N) is 1. The Balaban J connectivity index is 2.04. The first-order valence-electron chi connectivity index (χ1n) is 5.85. The zero-order chi connectivity index (χ0) is 13.1. The van der Waals surface area contributed by atoms with Crippen LogP contribution >= 0.6 is 43.2 Å². The highest BCUT2D eigenvalue weighted by molar-refractivity contribution is 9.13. The minimum Gasteiger partial charge on any atom is -0.384 e. The van der Waals surface area contributed by atoms with Crippen LogP contribution in [0.25, 0.3) is 0 Å². The molecule has 1 aliphatic heterocycles. The molecule has 3 nitrogen and oxygen atoms in total. The molecule has 0 N–H and O–H groups in total. The zero-order valence-electron chi connectivity index (χ0n) is 10.1. The number of amides is 1. The summed E-state index contributed by atoms with van der Waals surface area (Å²) in [6, 6.07) is 1.89. The smallest absolute Gasteiger partial charge is 0.264 e. The van der Waals surface area contributed by atoms with E-state index in [0.29, 0.717) is 5.92 Å². The predicted octanol–water partition coefficient (Wildman–Crippen LogP) is 3.77. The number of likely N-dealkylation sites (tertiary alicyclic amines) is 1. The lowest BCUT2D eigenvalue weighted by molar-refractivity contribution is 0.0575. The first kappa shape index (κ1) is 14.5. The summed E-state index contributed by atoms with van der Waals surface area (Å²) in [5.41, 5.74) is 0. The molecule has 1 atom stereocenters. The van der Waals surface area contributed by atoms with Crippen LogP contribution in [-0.4, -0.2) is 37.6 Å². The molecule has 100 valence electrons. The maximum Gasteiger partial charge on any atom is 0.264 e. The van der Waals surface area contributed by atoms with Crippen LogP contribution in [0.15, 0.2) is 14.3 Å². The van der Waals surface area contributed by atoms with E-state index in [-0.39, 0.29) is 5.91 Å². The van der Waals surface area contributed by atoms with E-state index in [2.05, 4.69) is 31.9 Å². The van der Waals surface area contributed by atoms with E-state index in [1.54, 1.807) is 7.11 Å². The Labute approximate surface area is 128 Å². The molecule has 1 fully saturated rings. The molecule has 1 aliphatic rings. The summed E-state index contributed by atoms with van der Waals surface area (Å²) in [6.07, 6.45) is 2.21. The number of carbonyl (C=O) groups is 1. The number of carbonyl (C=O) groups excluding carboxylic acids is 1. The average molecular weight is 397 g/mol. The van der Waals surface area contributed by atoms with E-state index in [9.17, 15) is 4.79 Å². The monoisotopic (exact) mass is 395 g/mol. The molecule has 1 amide bonds. The molecule has 1 unspecified atom stereocenters. The molecule has 1 saturated heterocycles. The zero-order valence-corrected chi connectivity index (χ0v) is 14.1. The molecule has 2 rings (SSSR count). The molecule has 1 aromatic heterocycles. The lowest BCUT2D eigenvalue weighted by atomic mass is 9.99. The van der Waals surface area contributed by atoms with E-state index in [1.807, 2.05) is 11.0 Å². The predicted molar refractivity (Wildman–Crippen MR) is 80.2 cm³/mol. The van der Waals surface area contributed by atoms with Gasteiger partial charge in [0.05, 0.1) is 15.3 Å². The summed E-state index contributed by atoms with van der Waals surface area (Å²) in [5.74, 6) is 0.603. The number of hydrogen-bond donors (Lipinski definition) is 0. The topological polar surface area (TPSA) is 29.5 Å². The van der Waals surface area contributed by atoms with Crippen LogP contribution in [0.1, 0.15) is 22.5 Å². The first-order chi connectivity index (χ1) is 8.61. The molecular weight excluding hydrogens is 382 g/mol. The quantitative estimate of drug-likeness (QED) is 0.778. The number of hydrogen-bond acceptors (Lipinski definition) is 3. The lowest BCUT2D eigenvalue weighted by Crippen LogP contribution is -2.40. The lowest BCUT2D eigenvalue weighted by Gasteiger charge is -2.32. The number of methoxy groups -OCH3 is 1. The van der Waals surface area contributed by atoms with Gasteiger partial charge in [0.25, 0.3) is 5.91 Å². The Kier molecular flexibility index (Phi) is 5.24. The van der Waals surface area contributed by atoms with Gasteiger partial charge in [0, 0.05) is 24.7 Å². The van der Waals surface area contributed by atoms with Gasteiger partial charge in [0.2, 0.25) is 0 Å². The van der Waals surface area contributed by atoms with Crippen molar-refractivity contribution in [1.82, 2.24) is 4.90 Å². The van der Waals surface area contributed by atoms with Gasteiger partial charge < -0.3 is 9.64 Å². The van der Waals surface area contributed by atoms with Crippen molar-refractivity contribution in [3.8, 4) is 0 Å². The number of ether oxygens (including phenoxy) is 1. The van der Waals surface area contributed by atoms with Crippen molar-refractivity contribution in [1.29, 1.82) is 0 Å². The third-order valence-electron chi connectivity index (χ3n) is 3.06. The number of halogens is 2. The average Bonchev–Trinajstić information content (AvgIpc) is 2.69. The minimum absolute atomic E-state index is 0.132. The number of rotatable bonds is 3. The third kappa shape index (κ3) is 3.35. The fraction of sp³-hybridized carbons (Fsp3) is 0.583. The first-order valence-corrected chi connectivity index (χ1v) is 8.25. The Morgan fingerprint density at radius 1 is 1.61 bits per heavy atom. The van der Waals surface area contributed by atoms with Gasteiger partial charge in [-0.05, 0) is 56.7 Å². The van der Waals surface area contributed by atoms with Gasteiger partial charge in [-0.3, -0.25) is 4.79 Å². The maximum absolute atomic E-state index is 12.4. The largest absolute Gasteiger partial charge is 0.384 e. The summed E-state index contributed by atoms with van der Waals surface area (Å²) in [6.45, 7) is 2.40. The van der Waals surface area contributed by atoms with E-state index in [4.69, 9.17) is 4.74 Å². The molecule has 6 heteroatoms. The second-order valence-corrected chi connectivity index (χ2v) is 7.67. The van der Waals surface area contributed by atoms with Crippen molar-refractivity contribution >= 4 is 49.1 Å². The van der Waals surface area contributed by atoms with Crippen LogP contribution in [0.4, 0.5) is 0 Å². The van der Waals surface area contributed by atoms with E-state index < -0.39 is 0 Å². The Bertz CT molecular complexity index is 414. The second-order valence-electron chi connectivity index (χ2n) is 4.45. The van der Waals surface area contributed by atoms with Crippen LogP contribution in [0.5, 0.6) is 0 Å². The summed E-state index contributed by atoms with van der Waals surface area (Å²) >= 11 is 8.32. The fourth-order valence-electron chi connectivity index (χ4n) is 2.23. The molecule has 0 radical (unpaired) electrons. The van der Waals surface area contributed by atoms with Crippen LogP contribution in [-0.2, 0) is 4.74 Å². The second kappa shape index (κ2) is 6.50. The van der Waals surface area contributed by atoms with Crippen molar-refractivity contribution in [3.63, 3.8) is 0 Å². The van der Waals surface area contributed by atoms with E-state index >= 15 is 0 Å². The van der Waals surface area contributed by atoms with Crippen molar-refractivity contribution in [3.05, 3.63) is 19.2 Å². The van der Waals surface area contributed by atoms with Gasteiger partial charge in [0.1, 0.15) is 0 Å². The van der Waals surface area contributed by atoms with Crippen molar-refractivity contribution < 1.29 is 9.53 Å². The summed E-state index contributed by atoms with van der Waals surface area (Å²) in [4.78, 5) is 15.1. The SMILES string of the molecule is COCC1CCCN(C(=O)c2cc(Br)c(Br)s2)C1. The van der Waals surface area contributed by atoms with Gasteiger partial charge in [-0.1, -0.05) is 0 Å². The van der Waals surface area contributed by atoms with Gasteiger partial charge in [-0.25, -0.2) is 0 Å². The standard InChI is InChI=1S/C12H15Br2NO2S/c1-17-7-8-3-2-4-15(6-8)12(16)10-5-9(13)11(14)18-10/h5,8H,2-4,6-7H2,1H3. The van der Waals surface area contributed by atoms with E-state index in [1.165, 1.54) is 11.3 Å². The van der Waals surface area contributed by atoms with Crippen molar-refractivity contribution in [2.45, 2.75) is 12.8 Å². The van der Waals surface area contributed by atoms with Crippen molar-refractivity contribution in [2.75, 3.05) is 26.8 Å². The number of thiophene rings is 1. The minimum atomic E-state index is 0.132. The highest BCUT2D eigenvalue weighted by Gasteiger charge is 2.25. The van der Waals surface area contributed by atoms with E-state index in [0.717, 1.165) is 45.7 Å². The molecule has 2 heterocycles. The molecule has 0 aromatic carbocycles. The van der Waals surface area contributed by atoms with Crippen LogP contribution < -0.4 is 0 Å². The van der Waals surface area contributed by atoms with Gasteiger partial charge in [-0.2, -0.15) is 0 Å². The highest BCUT2D eigenvalue weighted by Crippen LogP contribution is 2.33. The normalized spacial score (nSPS) is 20.2.